The van der Waals surface area contributed by atoms with Crippen LogP contribution in [0.1, 0.15) is 70.7 Å². The van der Waals surface area contributed by atoms with Gasteiger partial charge in [-0.15, -0.1) is 4.65 Å². The van der Waals surface area contributed by atoms with Gasteiger partial charge in [0, 0.05) is 31.2 Å². The second-order valence-electron chi connectivity index (χ2n) is 7.52. The van der Waals surface area contributed by atoms with Crippen molar-refractivity contribution in [2.75, 3.05) is 0 Å². The number of primary amides is 1. The lowest BCUT2D eigenvalue weighted by Crippen LogP contribution is -2.77. The molecule has 1 fully saturated rings. The largest absolute Gasteiger partial charge is 0.365 e. The van der Waals surface area contributed by atoms with E-state index in [0.29, 0.717) is 17.2 Å². The molecule has 1 amide bonds. The molecule has 0 saturated carbocycles. The lowest BCUT2D eigenvalue weighted by atomic mass is 9.68. The normalized spacial score (nSPS) is 37.6. The molecule has 23 heavy (non-hydrogen) atoms. The van der Waals surface area contributed by atoms with Crippen LogP contribution in [0.25, 0.3) is 0 Å². The second-order valence-corrected chi connectivity index (χ2v) is 7.52. The van der Waals surface area contributed by atoms with E-state index in [2.05, 4.69) is 34.6 Å². The van der Waals surface area contributed by atoms with E-state index in [9.17, 15) is 10.0 Å². The lowest BCUT2D eigenvalue weighted by molar-refractivity contribution is -0.256. The standard InChI is InChI=1S/C19H30N2O2/c1-6-18(4)13-12-14(3)19(5,7-2)21(18,23)16-11-9-8-10-15(16)17(20)22/h8-11,14,23H,6-7,12-13H2,1-5H3,(H-,20,22)/p+1. The van der Waals surface area contributed by atoms with Gasteiger partial charge in [0.25, 0.3) is 5.91 Å². The van der Waals surface area contributed by atoms with Crippen LogP contribution in [0, 0.1) is 5.92 Å². The number of nitrogens with zero attached hydrogens (tertiary/aromatic N) is 1. The van der Waals surface area contributed by atoms with Gasteiger partial charge in [0.15, 0.2) is 5.69 Å². The summed E-state index contributed by atoms with van der Waals surface area (Å²) < 4.78 is -0.215. The van der Waals surface area contributed by atoms with Crippen LogP contribution in [-0.2, 0) is 0 Å². The van der Waals surface area contributed by atoms with Gasteiger partial charge in [-0.05, 0) is 26.3 Å². The van der Waals surface area contributed by atoms with E-state index in [1.165, 1.54) is 0 Å². The van der Waals surface area contributed by atoms with Crippen molar-refractivity contribution in [3.8, 4) is 0 Å². The van der Waals surface area contributed by atoms with Crippen LogP contribution in [0.3, 0.4) is 0 Å². The molecule has 4 atom stereocenters. The van der Waals surface area contributed by atoms with Crippen molar-refractivity contribution in [2.24, 2.45) is 11.7 Å². The van der Waals surface area contributed by atoms with E-state index in [1.807, 2.05) is 12.1 Å². The molecule has 3 N–H and O–H groups in total. The number of carbonyl (C=O) groups excluding carboxylic acids is 1. The van der Waals surface area contributed by atoms with Crippen molar-refractivity contribution >= 4 is 11.6 Å². The monoisotopic (exact) mass is 319 g/mol. The third kappa shape index (κ3) is 2.31. The van der Waals surface area contributed by atoms with Crippen molar-refractivity contribution < 1.29 is 10.0 Å². The number of hydrogen-bond donors (Lipinski definition) is 2. The summed E-state index contributed by atoms with van der Waals surface area (Å²) in [6.07, 6.45) is 3.66. The van der Waals surface area contributed by atoms with Gasteiger partial charge in [0.1, 0.15) is 16.6 Å². The lowest BCUT2D eigenvalue weighted by Gasteiger charge is -2.60. The zero-order valence-corrected chi connectivity index (χ0v) is 15.1. The van der Waals surface area contributed by atoms with Crippen molar-refractivity contribution in [1.29, 1.82) is 0 Å². The Morgan fingerprint density at radius 1 is 1.30 bits per heavy atom. The molecule has 1 heterocycles. The Morgan fingerprint density at radius 2 is 1.91 bits per heavy atom. The van der Waals surface area contributed by atoms with Crippen LogP contribution in [0.2, 0.25) is 0 Å². The first-order valence-electron chi connectivity index (χ1n) is 8.69. The van der Waals surface area contributed by atoms with Crippen molar-refractivity contribution in [3.05, 3.63) is 29.8 Å². The number of para-hydroxylation sites is 1. The Balaban J connectivity index is 2.81. The van der Waals surface area contributed by atoms with E-state index < -0.39 is 5.91 Å². The summed E-state index contributed by atoms with van der Waals surface area (Å²) in [4.78, 5) is 12.0. The molecule has 1 aromatic rings. The molecule has 0 bridgehead atoms. The van der Waals surface area contributed by atoms with Crippen LogP contribution < -0.4 is 10.4 Å². The third-order valence-electron chi connectivity index (χ3n) is 6.69. The summed E-state index contributed by atoms with van der Waals surface area (Å²) in [5.41, 5.74) is 5.96. The summed E-state index contributed by atoms with van der Waals surface area (Å²) in [6.45, 7) is 10.7. The number of rotatable bonds is 4. The maximum absolute atomic E-state index is 12.1. The Bertz CT molecular complexity index is 603. The molecule has 4 heteroatoms. The zero-order chi connectivity index (χ0) is 17.5. The van der Waals surface area contributed by atoms with Crippen LogP contribution in [0.4, 0.5) is 5.69 Å². The topological polar surface area (TPSA) is 63.3 Å². The number of piperidine rings is 1. The second kappa shape index (κ2) is 5.91. The van der Waals surface area contributed by atoms with Gasteiger partial charge in [-0.1, -0.05) is 32.9 Å². The Labute approximate surface area is 139 Å². The Morgan fingerprint density at radius 3 is 2.43 bits per heavy atom. The van der Waals surface area contributed by atoms with Gasteiger partial charge in [-0.3, -0.25) is 4.79 Å². The minimum absolute atomic E-state index is 0.215. The molecule has 4 nitrogen and oxygen atoms in total. The van der Waals surface area contributed by atoms with E-state index in [0.717, 1.165) is 25.7 Å². The van der Waals surface area contributed by atoms with Gasteiger partial charge in [-0.2, -0.15) is 0 Å². The molecular weight excluding hydrogens is 288 g/mol. The average molecular weight is 319 g/mol. The number of carbonyl (C=O) groups is 1. The molecule has 4 unspecified atom stereocenters. The molecule has 0 spiro atoms. The minimum Gasteiger partial charge on any atom is -0.365 e. The SMILES string of the molecule is CCC1(C)CCC(C)C(C)(CC)[N+]1(O)c1ccccc1C(N)=O. The molecule has 1 aliphatic heterocycles. The maximum Gasteiger partial charge on any atom is 0.254 e. The molecule has 1 aliphatic rings. The van der Waals surface area contributed by atoms with Gasteiger partial charge in [0.05, 0.1) is 0 Å². The summed E-state index contributed by atoms with van der Waals surface area (Å²) in [5.74, 6) is -0.139. The van der Waals surface area contributed by atoms with Crippen molar-refractivity contribution in [1.82, 2.24) is 4.65 Å². The van der Waals surface area contributed by atoms with Crippen molar-refractivity contribution in [3.63, 3.8) is 0 Å². The highest BCUT2D eigenvalue weighted by Crippen LogP contribution is 2.53. The zero-order valence-electron chi connectivity index (χ0n) is 15.1. The molecule has 0 aliphatic carbocycles. The number of hydroxylamine groups is 2. The van der Waals surface area contributed by atoms with Gasteiger partial charge < -0.3 is 5.73 Å². The van der Waals surface area contributed by atoms with Crippen LogP contribution in [-0.4, -0.2) is 22.2 Å². The smallest absolute Gasteiger partial charge is 0.254 e. The van der Waals surface area contributed by atoms with E-state index >= 15 is 0 Å². The quantitative estimate of drug-likeness (QED) is 0.815. The maximum atomic E-state index is 12.1. The first kappa shape index (κ1) is 18.0. The van der Waals surface area contributed by atoms with Crippen molar-refractivity contribution in [2.45, 2.75) is 71.4 Å². The highest BCUT2D eigenvalue weighted by molar-refractivity contribution is 5.98. The van der Waals surface area contributed by atoms with Gasteiger partial charge >= 0.3 is 0 Å². The minimum atomic E-state index is -0.484. The average Bonchev–Trinajstić information content (AvgIpc) is 2.56. The predicted molar refractivity (Wildman–Crippen MR) is 94.3 cm³/mol. The number of quaternary nitrogens is 1. The molecule has 0 aromatic heterocycles. The number of benzene rings is 1. The summed E-state index contributed by atoms with van der Waals surface area (Å²) in [7, 11) is 0. The van der Waals surface area contributed by atoms with E-state index in [4.69, 9.17) is 5.73 Å². The fourth-order valence-corrected chi connectivity index (χ4v) is 4.45. The predicted octanol–water partition coefficient (Wildman–Crippen LogP) is 4.25. The molecule has 1 saturated heterocycles. The first-order chi connectivity index (χ1) is 10.7. The molecular formula is C19H31N2O2+. The molecule has 1 aromatic carbocycles. The Hall–Kier alpha value is -1.39. The van der Waals surface area contributed by atoms with Gasteiger partial charge in [0.2, 0.25) is 0 Å². The van der Waals surface area contributed by atoms with Crippen LogP contribution >= 0.6 is 0 Å². The van der Waals surface area contributed by atoms with E-state index in [-0.39, 0.29) is 15.7 Å². The Kier molecular flexibility index (Phi) is 4.62. The van der Waals surface area contributed by atoms with E-state index in [1.54, 1.807) is 12.1 Å². The first-order valence-corrected chi connectivity index (χ1v) is 8.69. The van der Waals surface area contributed by atoms with Crippen LogP contribution in [0.15, 0.2) is 24.3 Å². The summed E-state index contributed by atoms with van der Waals surface area (Å²) in [6, 6.07) is 7.26. The fraction of sp³-hybridized carbons (Fsp3) is 0.632. The fourth-order valence-electron chi connectivity index (χ4n) is 4.45. The third-order valence-corrected chi connectivity index (χ3v) is 6.69. The molecule has 0 radical (unpaired) electrons. The molecule has 2 rings (SSSR count). The number of hydrogen-bond acceptors (Lipinski definition) is 2. The van der Waals surface area contributed by atoms with Crippen LogP contribution in [0.5, 0.6) is 0 Å². The number of amides is 1. The summed E-state index contributed by atoms with van der Waals surface area (Å²) >= 11 is 0. The molecule has 128 valence electrons. The highest BCUT2D eigenvalue weighted by atomic mass is 16.6. The summed E-state index contributed by atoms with van der Waals surface area (Å²) in [5, 5.41) is 12.1. The van der Waals surface area contributed by atoms with Gasteiger partial charge in [-0.25, -0.2) is 5.21 Å². The number of nitrogens with two attached hydrogens (primary N) is 1. The highest BCUT2D eigenvalue weighted by Gasteiger charge is 2.64.